The zero-order chi connectivity index (χ0) is 23.3. The lowest BCUT2D eigenvalue weighted by molar-refractivity contribution is -0.140. The van der Waals surface area contributed by atoms with Crippen molar-refractivity contribution in [1.29, 1.82) is 0 Å². The Morgan fingerprint density at radius 3 is 2.41 bits per heavy atom. The number of benzene rings is 2. The van der Waals surface area contributed by atoms with Gasteiger partial charge >= 0.3 is 0 Å². The van der Waals surface area contributed by atoms with E-state index < -0.39 is 17.7 Å². The molecule has 170 valence electrons. The molecule has 0 saturated carbocycles. The van der Waals surface area contributed by atoms with Crippen LogP contribution in [0.3, 0.4) is 0 Å². The first-order chi connectivity index (χ1) is 15.4. The highest BCUT2D eigenvalue weighted by molar-refractivity contribution is 6.46. The number of rotatable bonds is 9. The second-order valence-electron chi connectivity index (χ2n) is 7.78. The fourth-order valence-corrected chi connectivity index (χ4v) is 3.79. The molecule has 7 heteroatoms. The van der Waals surface area contributed by atoms with Crippen LogP contribution in [0, 0.1) is 0 Å². The van der Waals surface area contributed by atoms with Gasteiger partial charge in [0.2, 0.25) is 0 Å². The lowest BCUT2D eigenvalue weighted by Gasteiger charge is -2.26. The van der Waals surface area contributed by atoms with Crippen molar-refractivity contribution in [3.8, 4) is 11.5 Å². The van der Waals surface area contributed by atoms with E-state index in [4.69, 9.17) is 14.2 Å². The summed E-state index contributed by atoms with van der Waals surface area (Å²) in [6, 6.07) is 13.3. The average molecular weight is 440 g/mol. The second kappa shape index (κ2) is 10.3. The first-order valence-electron chi connectivity index (χ1n) is 10.6. The first-order valence-corrected chi connectivity index (χ1v) is 10.6. The van der Waals surface area contributed by atoms with Crippen LogP contribution in [0.2, 0.25) is 0 Å². The molecule has 1 fully saturated rings. The Balaban J connectivity index is 2.13. The molecule has 0 aromatic heterocycles. The van der Waals surface area contributed by atoms with E-state index in [1.807, 2.05) is 19.9 Å². The third-order valence-corrected chi connectivity index (χ3v) is 5.20. The summed E-state index contributed by atoms with van der Waals surface area (Å²) in [4.78, 5) is 27.4. The number of Topliss-reactive ketones (excluding diaryl/α,β-unsaturated/α-hetero) is 1. The van der Waals surface area contributed by atoms with Crippen LogP contribution < -0.4 is 9.47 Å². The standard InChI is InChI=1S/C25H29NO6/c1-16(2)32-19-12-11-18(15-20(19)31-4)22-21(23(27)17-9-6-5-7-10-17)24(28)25(29)26(22)13-8-14-30-3/h5-7,9-12,15-16,22,27H,8,13-14H2,1-4H3/b23-21-. The minimum absolute atomic E-state index is 0.0486. The van der Waals surface area contributed by atoms with Crippen LogP contribution in [-0.2, 0) is 14.3 Å². The molecule has 1 aliphatic heterocycles. The topological polar surface area (TPSA) is 85.3 Å². The molecular weight excluding hydrogens is 410 g/mol. The van der Waals surface area contributed by atoms with Gasteiger partial charge in [-0.2, -0.15) is 0 Å². The number of methoxy groups -OCH3 is 2. The first kappa shape index (κ1) is 23.3. The quantitative estimate of drug-likeness (QED) is 0.276. The van der Waals surface area contributed by atoms with Crippen LogP contribution in [0.15, 0.2) is 54.1 Å². The minimum Gasteiger partial charge on any atom is -0.507 e. The van der Waals surface area contributed by atoms with E-state index in [1.54, 1.807) is 49.6 Å². The number of aliphatic hydroxyl groups excluding tert-OH is 1. The number of ketones is 1. The maximum absolute atomic E-state index is 13.0. The third kappa shape index (κ3) is 4.78. The summed E-state index contributed by atoms with van der Waals surface area (Å²) >= 11 is 0. The molecule has 0 bridgehead atoms. The van der Waals surface area contributed by atoms with E-state index in [0.717, 1.165) is 0 Å². The summed E-state index contributed by atoms with van der Waals surface area (Å²) < 4.78 is 16.4. The van der Waals surface area contributed by atoms with Gasteiger partial charge in [-0.3, -0.25) is 9.59 Å². The van der Waals surface area contributed by atoms with Crippen LogP contribution in [-0.4, -0.2) is 55.2 Å². The van der Waals surface area contributed by atoms with Crippen molar-refractivity contribution in [3.63, 3.8) is 0 Å². The predicted octanol–water partition coefficient (Wildman–Crippen LogP) is 3.94. The molecule has 3 rings (SSSR count). The number of amides is 1. The number of likely N-dealkylation sites (tertiary alicyclic amines) is 1. The molecule has 1 saturated heterocycles. The molecular formula is C25H29NO6. The zero-order valence-corrected chi connectivity index (χ0v) is 18.8. The van der Waals surface area contributed by atoms with Gasteiger partial charge < -0.3 is 24.2 Å². The van der Waals surface area contributed by atoms with Gasteiger partial charge in [0.1, 0.15) is 5.76 Å². The number of ether oxygens (including phenoxy) is 3. The number of nitrogens with zero attached hydrogens (tertiary/aromatic N) is 1. The summed E-state index contributed by atoms with van der Waals surface area (Å²) in [6.45, 7) is 4.58. The molecule has 1 N–H and O–H groups in total. The number of hydrogen-bond donors (Lipinski definition) is 1. The van der Waals surface area contributed by atoms with Gasteiger partial charge in [0.05, 0.1) is 24.8 Å². The van der Waals surface area contributed by atoms with Crippen molar-refractivity contribution in [2.75, 3.05) is 27.4 Å². The molecule has 2 aromatic rings. The molecule has 7 nitrogen and oxygen atoms in total. The largest absolute Gasteiger partial charge is 0.507 e. The van der Waals surface area contributed by atoms with Crippen LogP contribution in [0.25, 0.3) is 5.76 Å². The molecule has 2 aromatic carbocycles. The van der Waals surface area contributed by atoms with Crippen LogP contribution in [0.1, 0.15) is 37.4 Å². The number of hydrogen-bond acceptors (Lipinski definition) is 6. The van der Waals surface area contributed by atoms with Crippen molar-refractivity contribution >= 4 is 17.4 Å². The summed E-state index contributed by atoms with van der Waals surface area (Å²) in [5, 5.41) is 11.0. The Labute approximate surface area is 188 Å². The molecule has 1 amide bonds. The maximum atomic E-state index is 13.0. The molecule has 32 heavy (non-hydrogen) atoms. The van der Waals surface area contributed by atoms with E-state index in [9.17, 15) is 14.7 Å². The van der Waals surface area contributed by atoms with Crippen LogP contribution >= 0.6 is 0 Å². The number of aliphatic hydroxyl groups is 1. The van der Waals surface area contributed by atoms with E-state index in [-0.39, 0.29) is 17.4 Å². The summed E-state index contributed by atoms with van der Waals surface area (Å²) in [5.41, 5.74) is 1.17. The molecule has 1 unspecified atom stereocenters. The molecule has 0 spiro atoms. The van der Waals surface area contributed by atoms with Gasteiger partial charge in [-0.15, -0.1) is 0 Å². The van der Waals surface area contributed by atoms with Crippen molar-refractivity contribution < 1.29 is 28.9 Å². The van der Waals surface area contributed by atoms with E-state index in [1.165, 1.54) is 12.0 Å². The Kier molecular flexibility index (Phi) is 7.53. The normalized spacial score (nSPS) is 17.8. The van der Waals surface area contributed by atoms with Gasteiger partial charge in [0.25, 0.3) is 11.7 Å². The Bertz CT molecular complexity index is 999. The summed E-state index contributed by atoms with van der Waals surface area (Å²) in [6.07, 6.45) is 0.504. The van der Waals surface area contributed by atoms with E-state index in [2.05, 4.69) is 0 Å². The summed E-state index contributed by atoms with van der Waals surface area (Å²) in [5.74, 6) is -0.519. The highest BCUT2D eigenvalue weighted by Crippen LogP contribution is 2.42. The van der Waals surface area contributed by atoms with E-state index in [0.29, 0.717) is 42.2 Å². The Morgan fingerprint density at radius 1 is 1.06 bits per heavy atom. The number of carbonyl (C=O) groups excluding carboxylic acids is 2. The van der Waals surface area contributed by atoms with Gasteiger partial charge in [0, 0.05) is 25.8 Å². The summed E-state index contributed by atoms with van der Waals surface area (Å²) in [7, 11) is 3.12. The third-order valence-electron chi connectivity index (χ3n) is 5.20. The van der Waals surface area contributed by atoms with Crippen molar-refractivity contribution in [2.45, 2.75) is 32.4 Å². The van der Waals surface area contributed by atoms with Crippen molar-refractivity contribution in [3.05, 3.63) is 65.2 Å². The Morgan fingerprint density at radius 2 is 1.78 bits per heavy atom. The fraction of sp³-hybridized carbons (Fsp3) is 0.360. The van der Waals surface area contributed by atoms with Gasteiger partial charge in [-0.1, -0.05) is 36.4 Å². The van der Waals surface area contributed by atoms with Crippen LogP contribution in [0.5, 0.6) is 11.5 Å². The van der Waals surface area contributed by atoms with Gasteiger partial charge in [-0.25, -0.2) is 0 Å². The van der Waals surface area contributed by atoms with Crippen molar-refractivity contribution in [1.82, 2.24) is 4.90 Å². The predicted molar refractivity (Wildman–Crippen MR) is 121 cm³/mol. The van der Waals surface area contributed by atoms with Gasteiger partial charge in [0.15, 0.2) is 11.5 Å². The molecule has 1 aliphatic rings. The minimum atomic E-state index is -0.755. The fourth-order valence-electron chi connectivity index (χ4n) is 3.79. The monoisotopic (exact) mass is 439 g/mol. The maximum Gasteiger partial charge on any atom is 0.295 e. The SMILES string of the molecule is COCCCN1C(=O)C(=O)/C(=C(\O)c2ccccc2)C1c1ccc(OC(C)C)c(OC)c1. The smallest absolute Gasteiger partial charge is 0.295 e. The number of carbonyl (C=O) groups is 2. The highest BCUT2D eigenvalue weighted by Gasteiger charge is 2.46. The molecule has 0 radical (unpaired) electrons. The van der Waals surface area contributed by atoms with Crippen LogP contribution in [0.4, 0.5) is 0 Å². The second-order valence-corrected chi connectivity index (χ2v) is 7.78. The molecule has 1 heterocycles. The molecule has 1 atom stereocenters. The average Bonchev–Trinajstić information content (AvgIpc) is 3.04. The van der Waals surface area contributed by atoms with Crippen molar-refractivity contribution in [2.24, 2.45) is 0 Å². The lowest BCUT2D eigenvalue weighted by Crippen LogP contribution is -2.31. The molecule has 0 aliphatic carbocycles. The van der Waals surface area contributed by atoms with Gasteiger partial charge in [-0.05, 0) is 38.0 Å². The zero-order valence-electron chi connectivity index (χ0n) is 18.8. The lowest BCUT2D eigenvalue weighted by atomic mass is 9.95. The highest BCUT2D eigenvalue weighted by atomic mass is 16.5. The Hall–Kier alpha value is -3.32. The van der Waals surface area contributed by atoms with E-state index >= 15 is 0 Å².